The maximum atomic E-state index is 13.8. The van der Waals surface area contributed by atoms with Crippen LogP contribution in [0.4, 0.5) is 16.0 Å². The van der Waals surface area contributed by atoms with Crippen LogP contribution in [0.2, 0.25) is 0 Å². The van der Waals surface area contributed by atoms with E-state index >= 15 is 0 Å². The maximum Gasteiger partial charge on any atom is 0.255 e. The van der Waals surface area contributed by atoms with Crippen LogP contribution in [0, 0.1) is 5.82 Å². The Morgan fingerprint density at radius 1 is 1.08 bits per heavy atom. The Kier molecular flexibility index (Phi) is 6.07. The second-order valence-electron chi connectivity index (χ2n) is 8.09. The number of hydrogen-bond donors (Lipinski definition) is 2. The molecule has 0 spiro atoms. The van der Waals surface area contributed by atoms with E-state index in [4.69, 9.17) is 14.6 Å². The number of aromatic nitrogens is 4. The molecule has 0 bridgehead atoms. The molecule has 0 fully saturated rings. The van der Waals surface area contributed by atoms with Crippen LogP contribution in [0.3, 0.4) is 0 Å². The van der Waals surface area contributed by atoms with Gasteiger partial charge in [0, 0.05) is 17.5 Å². The molecule has 1 aliphatic rings. The number of fused-ring (bicyclic) bond motifs is 1. The summed E-state index contributed by atoms with van der Waals surface area (Å²) in [6, 6.07) is 14.2. The molecule has 1 atom stereocenters. The first kappa shape index (κ1) is 23.0. The zero-order chi connectivity index (χ0) is 25.2. The number of ether oxygens (including phenoxy) is 2. The molecule has 0 saturated carbocycles. The minimum Gasteiger partial charge on any atom is -0.493 e. The molecule has 10 heteroatoms. The van der Waals surface area contributed by atoms with Crippen LogP contribution in [0.15, 0.2) is 78.3 Å². The molecule has 0 radical (unpaired) electrons. The molecule has 1 aliphatic heterocycles. The van der Waals surface area contributed by atoms with Crippen LogP contribution in [0.25, 0.3) is 11.4 Å². The number of benzene rings is 2. The number of anilines is 2. The molecule has 2 N–H and O–H groups in total. The van der Waals surface area contributed by atoms with E-state index in [-0.39, 0.29) is 11.7 Å². The van der Waals surface area contributed by atoms with Crippen molar-refractivity contribution in [2.24, 2.45) is 0 Å². The molecule has 182 valence electrons. The molecule has 5 rings (SSSR count). The molecular weight excluding hydrogens is 463 g/mol. The largest absolute Gasteiger partial charge is 0.493 e. The molecule has 2 aromatic carbocycles. The number of carbonyl (C=O) groups is 1. The average Bonchev–Trinajstić information content (AvgIpc) is 3.32. The lowest BCUT2D eigenvalue weighted by atomic mass is 9.95. The van der Waals surface area contributed by atoms with Gasteiger partial charge in [0.15, 0.2) is 17.3 Å². The van der Waals surface area contributed by atoms with Crippen LogP contribution in [-0.4, -0.2) is 39.9 Å². The number of nitrogens with one attached hydrogen (secondary N) is 2. The molecule has 0 saturated heterocycles. The second-order valence-corrected chi connectivity index (χ2v) is 8.09. The number of hydrogen-bond acceptors (Lipinski definition) is 7. The van der Waals surface area contributed by atoms with E-state index in [0.29, 0.717) is 51.4 Å². The van der Waals surface area contributed by atoms with E-state index in [1.165, 1.54) is 12.1 Å². The summed E-state index contributed by atoms with van der Waals surface area (Å²) < 4.78 is 26.1. The quantitative estimate of drug-likeness (QED) is 0.416. The van der Waals surface area contributed by atoms with E-state index in [2.05, 4.69) is 20.6 Å². The number of halogens is 1. The number of carbonyl (C=O) groups excluding carboxylic acids is 1. The van der Waals surface area contributed by atoms with E-state index in [1.807, 2.05) is 6.07 Å². The summed E-state index contributed by atoms with van der Waals surface area (Å²) in [7, 11) is 3.12. The van der Waals surface area contributed by atoms with Crippen molar-refractivity contribution in [3.63, 3.8) is 0 Å². The first-order valence-electron chi connectivity index (χ1n) is 11.1. The van der Waals surface area contributed by atoms with Crippen LogP contribution in [-0.2, 0) is 4.79 Å². The molecule has 9 nitrogen and oxygen atoms in total. The van der Waals surface area contributed by atoms with Crippen molar-refractivity contribution in [2.45, 2.75) is 13.0 Å². The van der Waals surface area contributed by atoms with Crippen LogP contribution in [0.5, 0.6) is 11.5 Å². The van der Waals surface area contributed by atoms with Crippen LogP contribution >= 0.6 is 0 Å². The summed E-state index contributed by atoms with van der Waals surface area (Å²) in [6.07, 6.45) is 3.19. The van der Waals surface area contributed by atoms with Crippen molar-refractivity contribution in [1.29, 1.82) is 0 Å². The third kappa shape index (κ3) is 4.24. The molecule has 0 unspecified atom stereocenters. The van der Waals surface area contributed by atoms with Crippen molar-refractivity contribution in [3.8, 4) is 22.9 Å². The van der Waals surface area contributed by atoms with Crippen molar-refractivity contribution < 1.29 is 18.7 Å². The lowest BCUT2D eigenvalue weighted by Crippen LogP contribution is -2.31. The van der Waals surface area contributed by atoms with Crippen LogP contribution < -0.4 is 20.1 Å². The molecule has 0 aliphatic carbocycles. The lowest BCUT2D eigenvalue weighted by molar-refractivity contribution is -0.113. The second kappa shape index (κ2) is 9.49. The highest BCUT2D eigenvalue weighted by Crippen LogP contribution is 2.38. The van der Waals surface area contributed by atoms with Gasteiger partial charge in [-0.3, -0.25) is 9.78 Å². The fourth-order valence-corrected chi connectivity index (χ4v) is 4.13. The fourth-order valence-electron chi connectivity index (χ4n) is 4.13. The molecule has 2 aromatic heterocycles. The van der Waals surface area contributed by atoms with Gasteiger partial charge >= 0.3 is 0 Å². The molecule has 1 amide bonds. The van der Waals surface area contributed by atoms with Crippen molar-refractivity contribution >= 4 is 17.5 Å². The van der Waals surface area contributed by atoms with Gasteiger partial charge in [-0.1, -0.05) is 12.1 Å². The first-order chi connectivity index (χ1) is 17.5. The number of pyridine rings is 1. The van der Waals surface area contributed by atoms with Gasteiger partial charge in [-0.05, 0) is 55.0 Å². The van der Waals surface area contributed by atoms with E-state index in [1.54, 1.807) is 74.6 Å². The van der Waals surface area contributed by atoms with E-state index in [9.17, 15) is 9.18 Å². The highest BCUT2D eigenvalue weighted by Gasteiger charge is 2.34. The third-order valence-corrected chi connectivity index (χ3v) is 5.84. The summed E-state index contributed by atoms with van der Waals surface area (Å²) in [5, 5.41) is 10.8. The normalized spacial score (nSPS) is 14.6. The summed E-state index contributed by atoms with van der Waals surface area (Å²) >= 11 is 0. The van der Waals surface area contributed by atoms with Crippen molar-refractivity contribution in [1.82, 2.24) is 19.7 Å². The van der Waals surface area contributed by atoms with Gasteiger partial charge in [-0.25, -0.2) is 9.07 Å². The zero-order valence-corrected chi connectivity index (χ0v) is 19.8. The minimum atomic E-state index is -0.653. The Hall–Kier alpha value is -4.73. The monoisotopic (exact) mass is 486 g/mol. The lowest BCUT2D eigenvalue weighted by Gasteiger charge is -2.28. The average molecular weight is 487 g/mol. The first-order valence-corrected chi connectivity index (χ1v) is 11.1. The van der Waals surface area contributed by atoms with Crippen LogP contribution in [0.1, 0.15) is 18.5 Å². The standard InChI is InChI=1S/C26H23FN6O3/c1-15-22(25(34)30-19-5-4-12-28-14-19)23(16-6-9-18(27)10-7-16)33-26(29-15)31-24(32-33)17-8-11-20(35-2)21(13-17)36-3/h4-14,23H,1-3H3,(H,30,34)(H,29,31,32)/t23-/m0/s1. The van der Waals surface area contributed by atoms with E-state index in [0.717, 1.165) is 0 Å². The summed E-state index contributed by atoms with van der Waals surface area (Å²) in [5.41, 5.74) is 2.95. The Morgan fingerprint density at radius 2 is 1.86 bits per heavy atom. The van der Waals surface area contributed by atoms with Gasteiger partial charge in [0.25, 0.3) is 5.91 Å². The SMILES string of the molecule is COc1ccc(-c2nc3n(n2)[C@@H](c2ccc(F)cc2)C(C(=O)Nc2cccnc2)=C(C)N3)cc1OC. The van der Waals surface area contributed by atoms with Gasteiger partial charge < -0.3 is 20.1 Å². The number of methoxy groups -OCH3 is 2. The Morgan fingerprint density at radius 3 is 2.56 bits per heavy atom. The summed E-state index contributed by atoms with van der Waals surface area (Å²) in [6.45, 7) is 1.79. The number of allylic oxidation sites excluding steroid dienone is 1. The predicted octanol–water partition coefficient (Wildman–Crippen LogP) is 4.42. The highest BCUT2D eigenvalue weighted by molar-refractivity contribution is 6.05. The molecule has 4 aromatic rings. The Labute approximate surface area is 206 Å². The number of nitrogens with zero attached hydrogens (tertiary/aromatic N) is 4. The van der Waals surface area contributed by atoms with Gasteiger partial charge in [0.05, 0.1) is 31.7 Å². The number of rotatable bonds is 6. The predicted molar refractivity (Wildman–Crippen MR) is 132 cm³/mol. The molecule has 36 heavy (non-hydrogen) atoms. The van der Waals surface area contributed by atoms with E-state index < -0.39 is 6.04 Å². The Bertz CT molecular complexity index is 1450. The highest BCUT2D eigenvalue weighted by atomic mass is 19.1. The van der Waals surface area contributed by atoms with Crippen molar-refractivity contribution in [2.75, 3.05) is 24.9 Å². The fraction of sp³-hybridized carbons (Fsp3) is 0.154. The maximum absolute atomic E-state index is 13.8. The topological polar surface area (TPSA) is 103 Å². The van der Waals surface area contributed by atoms with Gasteiger partial charge in [0.2, 0.25) is 5.95 Å². The smallest absolute Gasteiger partial charge is 0.255 e. The van der Waals surface area contributed by atoms with Gasteiger partial charge in [-0.2, -0.15) is 4.98 Å². The molecular formula is C26H23FN6O3. The van der Waals surface area contributed by atoms with Gasteiger partial charge in [0.1, 0.15) is 11.9 Å². The Balaban J connectivity index is 1.59. The summed E-state index contributed by atoms with van der Waals surface area (Å²) in [4.78, 5) is 22.2. The number of amides is 1. The van der Waals surface area contributed by atoms with Gasteiger partial charge in [-0.15, -0.1) is 5.10 Å². The zero-order valence-electron chi connectivity index (χ0n) is 19.8. The minimum absolute atomic E-state index is 0.337. The molecule has 3 heterocycles. The van der Waals surface area contributed by atoms with Crippen molar-refractivity contribution in [3.05, 3.63) is 89.6 Å². The third-order valence-electron chi connectivity index (χ3n) is 5.84. The summed E-state index contributed by atoms with van der Waals surface area (Å²) in [5.74, 6) is 1.28.